The molecule has 4 amide bonds. The molecule has 12 heteroatoms. The van der Waals surface area contributed by atoms with Crippen molar-refractivity contribution in [3.63, 3.8) is 0 Å². The van der Waals surface area contributed by atoms with Crippen LogP contribution >= 0.6 is 39.1 Å². The third-order valence-electron chi connectivity index (χ3n) is 7.32. The minimum Gasteiger partial charge on any atom is -0.505 e. The van der Waals surface area contributed by atoms with Gasteiger partial charge in [-0.15, -0.1) is 23.2 Å². The Labute approximate surface area is 205 Å². The van der Waals surface area contributed by atoms with Crippen molar-refractivity contribution in [3.05, 3.63) is 41.2 Å². The summed E-state index contributed by atoms with van der Waals surface area (Å²) in [5, 5.41) is 20.6. The van der Waals surface area contributed by atoms with Crippen LogP contribution in [-0.2, 0) is 19.2 Å². The predicted molar refractivity (Wildman–Crippen MR) is 115 cm³/mol. The number of rotatable bonds is 2. The van der Waals surface area contributed by atoms with Crippen LogP contribution in [0.3, 0.4) is 0 Å². The molecule has 6 atom stereocenters. The van der Waals surface area contributed by atoms with Gasteiger partial charge in [0, 0.05) is 11.5 Å². The highest BCUT2D eigenvalue weighted by atomic mass is 79.9. The number of hydrogen-bond donors (Lipinski definition) is 2. The summed E-state index contributed by atoms with van der Waals surface area (Å²) in [6.07, 6.45) is 1.40. The molecular formula is C21H16BrCl2FN2O6. The second kappa shape index (κ2) is 7.24. The topological polar surface area (TPSA) is 115 Å². The van der Waals surface area contributed by atoms with Crippen LogP contribution in [0.4, 0.5) is 4.39 Å². The summed E-state index contributed by atoms with van der Waals surface area (Å²) in [7, 11) is 0. The number of hydrogen-bond acceptors (Lipinski definition) is 6. The number of aromatic hydroxyl groups is 1. The van der Waals surface area contributed by atoms with Crippen LogP contribution < -0.4 is 0 Å². The minimum absolute atomic E-state index is 0.0528. The first-order valence-corrected chi connectivity index (χ1v) is 11.9. The smallest absolute Gasteiger partial charge is 0.257 e. The van der Waals surface area contributed by atoms with Crippen molar-refractivity contribution in [3.8, 4) is 5.75 Å². The summed E-state index contributed by atoms with van der Waals surface area (Å²) in [5.41, 5.74) is 0.115. The molecule has 2 aliphatic carbocycles. The van der Waals surface area contributed by atoms with Crippen molar-refractivity contribution in [1.29, 1.82) is 0 Å². The first-order chi connectivity index (χ1) is 15.5. The van der Waals surface area contributed by atoms with Gasteiger partial charge in [0.05, 0.1) is 17.3 Å². The molecule has 2 heterocycles. The Morgan fingerprint density at radius 3 is 2.48 bits per heavy atom. The van der Waals surface area contributed by atoms with E-state index in [-0.39, 0.29) is 28.9 Å². The second-order valence-electron chi connectivity index (χ2n) is 8.65. The van der Waals surface area contributed by atoms with Crippen LogP contribution in [0, 0.1) is 23.6 Å². The van der Waals surface area contributed by atoms with Gasteiger partial charge in [0.2, 0.25) is 0 Å². The highest BCUT2D eigenvalue weighted by Gasteiger charge is 2.76. The van der Waals surface area contributed by atoms with E-state index in [1.165, 1.54) is 12.1 Å². The second-order valence-corrected chi connectivity index (χ2v) is 10.4. The Hall–Kier alpha value is -2.01. The first kappa shape index (κ1) is 22.8. The molecule has 1 aromatic rings. The van der Waals surface area contributed by atoms with Crippen LogP contribution in [0.15, 0.2) is 29.8 Å². The number of nitrogens with zero attached hydrogens (tertiary/aromatic N) is 2. The molecule has 1 aromatic carbocycles. The van der Waals surface area contributed by atoms with Crippen LogP contribution in [0.25, 0.3) is 0 Å². The summed E-state index contributed by atoms with van der Waals surface area (Å²) < 4.78 is 14.4. The Morgan fingerprint density at radius 2 is 1.82 bits per heavy atom. The highest BCUT2D eigenvalue weighted by Crippen LogP contribution is 2.66. The number of para-hydroxylation sites is 1. The van der Waals surface area contributed by atoms with E-state index in [1.54, 1.807) is 6.08 Å². The van der Waals surface area contributed by atoms with Gasteiger partial charge in [0.25, 0.3) is 23.6 Å². The number of halogens is 4. The van der Waals surface area contributed by atoms with Crippen LogP contribution in [0.5, 0.6) is 5.75 Å². The number of allylic oxidation sites excluding steroid dienone is 2. The molecule has 0 aromatic heterocycles. The molecule has 33 heavy (non-hydrogen) atoms. The number of phenolic OH excluding ortho intramolecular Hbond substituents is 1. The van der Waals surface area contributed by atoms with Crippen molar-refractivity contribution >= 4 is 62.8 Å². The fourth-order valence-corrected chi connectivity index (χ4v) is 7.26. The van der Waals surface area contributed by atoms with Gasteiger partial charge >= 0.3 is 0 Å². The summed E-state index contributed by atoms with van der Waals surface area (Å²) in [4.78, 5) is 48.6. The third-order valence-corrected chi connectivity index (χ3v) is 9.24. The Balaban J connectivity index is 1.78. The number of likely N-dealkylation sites (tertiary alicyclic amines) is 1. The van der Waals surface area contributed by atoms with Gasteiger partial charge in [-0.2, -0.15) is 5.06 Å². The zero-order chi connectivity index (χ0) is 24.0. The van der Waals surface area contributed by atoms with E-state index in [1.807, 2.05) is 0 Å². The Kier molecular flexibility index (Phi) is 5.00. The molecule has 0 bridgehead atoms. The molecule has 2 saturated heterocycles. The van der Waals surface area contributed by atoms with Crippen molar-refractivity contribution < 1.29 is 33.9 Å². The lowest BCUT2D eigenvalue weighted by Gasteiger charge is -2.50. The molecule has 2 N–H and O–H groups in total. The number of alkyl halides is 3. The van der Waals surface area contributed by atoms with E-state index in [0.717, 1.165) is 11.0 Å². The molecule has 5 rings (SSSR count). The van der Waals surface area contributed by atoms with Gasteiger partial charge in [-0.3, -0.25) is 29.3 Å². The van der Waals surface area contributed by atoms with Gasteiger partial charge in [-0.25, -0.2) is 4.39 Å². The minimum atomic E-state index is -2.13. The zero-order valence-electron chi connectivity index (χ0n) is 16.7. The summed E-state index contributed by atoms with van der Waals surface area (Å²) in [6.45, 7) is 0. The van der Waals surface area contributed by atoms with E-state index >= 15 is 0 Å². The molecular weight excluding hydrogens is 546 g/mol. The Bertz CT molecular complexity index is 1180. The number of amides is 4. The number of imide groups is 2. The van der Waals surface area contributed by atoms with Crippen LogP contribution in [-0.4, -0.2) is 59.1 Å². The fourth-order valence-electron chi connectivity index (χ4n) is 5.85. The van der Waals surface area contributed by atoms with Crippen molar-refractivity contribution in [2.75, 3.05) is 5.45 Å². The van der Waals surface area contributed by atoms with Crippen molar-refractivity contribution in [2.24, 2.45) is 17.8 Å². The predicted octanol–water partition coefficient (Wildman–Crippen LogP) is 2.63. The maximum atomic E-state index is 14.4. The van der Waals surface area contributed by atoms with Gasteiger partial charge < -0.3 is 5.11 Å². The zero-order valence-corrected chi connectivity index (χ0v) is 19.8. The Morgan fingerprint density at radius 1 is 1.12 bits per heavy atom. The average Bonchev–Trinajstić information content (AvgIpc) is 3.09. The maximum absolute atomic E-state index is 14.4. The SMILES string of the molecule is O=C1[C@H]2[C@H](CC=C3[C@H]2C[C@@]2(Cl)C(=O)N(CBr)C(=O)[C@@]2(Cl)[C@H]3c2cccc(F)c2O)C(=O)N1O. The van der Waals surface area contributed by atoms with Crippen LogP contribution in [0.2, 0.25) is 0 Å². The van der Waals surface area contributed by atoms with Crippen LogP contribution in [0.1, 0.15) is 24.3 Å². The third kappa shape index (κ3) is 2.60. The molecule has 0 radical (unpaired) electrons. The molecule has 1 saturated carbocycles. The number of carbonyl (C=O) groups excluding carboxylic acids is 4. The summed E-state index contributed by atoms with van der Waals surface area (Å²) in [6, 6.07) is 3.71. The first-order valence-electron chi connectivity index (χ1n) is 10.0. The standard InChI is InChI=1S/C21H16BrCl2FN2O6/c22-7-26-18(31)20(23)6-11-8(4-5-9-13(11)17(30)27(33)16(9)29)14(21(20,24)19(26)32)10-2-1-3-12(25)15(10)28/h1-4,9,11,13-14,28,33H,5-7H2/t9-,11+,13-,14+,20+,21-/m0/s1. The van der Waals surface area contributed by atoms with Gasteiger partial charge in [0.15, 0.2) is 21.3 Å². The summed E-state index contributed by atoms with van der Waals surface area (Å²) in [5.74, 6) is -9.03. The number of fused-ring (bicyclic) bond motifs is 4. The van der Waals surface area contributed by atoms with E-state index in [2.05, 4.69) is 15.9 Å². The van der Waals surface area contributed by atoms with Gasteiger partial charge in [0.1, 0.15) is 0 Å². The van der Waals surface area contributed by atoms with Crippen molar-refractivity contribution in [1.82, 2.24) is 9.96 Å². The van der Waals surface area contributed by atoms with E-state index < -0.39 is 68.6 Å². The fraction of sp³-hybridized carbons (Fsp3) is 0.429. The number of carbonyl (C=O) groups is 4. The molecule has 174 valence electrons. The molecule has 0 spiro atoms. The van der Waals surface area contributed by atoms with E-state index in [9.17, 15) is 33.9 Å². The average molecular weight is 562 g/mol. The molecule has 4 aliphatic rings. The maximum Gasteiger partial charge on any atom is 0.257 e. The normalized spacial score (nSPS) is 37.8. The molecule has 3 fully saturated rings. The number of phenols is 1. The van der Waals surface area contributed by atoms with Crippen molar-refractivity contribution in [2.45, 2.75) is 28.5 Å². The highest BCUT2D eigenvalue weighted by molar-refractivity contribution is 9.09. The van der Waals surface area contributed by atoms with E-state index in [0.29, 0.717) is 5.57 Å². The lowest BCUT2D eigenvalue weighted by molar-refractivity contribution is -0.173. The van der Waals surface area contributed by atoms with Gasteiger partial charge in [-0.05, 0) is 24.8 Å². The van der Waals surface area contributed by atoms with E-state index in [4.69, 9.17) is 23.2 Å². The number of benzene rings is 1. The lowest BCUT2D eigenvalue weighted by Crippen LogP contribution is -2.60. The quantitative estimate of drug-likeness (QED) is 0.189. The summed E-state index contributed by atoms with van der Waals surface area (Å²) >= 11 is 16.9. The lowest BCUT2D eigenvalue weighted by atomic mass is 9.56. The largest absolute Gasteiger partial charge is 0.505 e. The van der Waals surface area contributed by atoms with Gasteiger partial charge in [-0.1, -0.05) is 39.7 Å². The number of hydroxylamine groups is 2. The molecule has 8 nitrogen and oxygen atoms in total. The molecule has 2 aliphatic heterocycles. The molecule has 0 unspecified atom stereocenters. The monoisotopic (exact) mass is 560 g/mol.